The number of carbonyl (C=O) groups excluding carboxylic acids is 2. The average molecular weight is 438 g/mol. The molecule has 1 aliphatic heterocycles. The molecule has 164 valence electrons. The second-order valence-corrected chi connectivity index (χ2v) is 6.83. The van der Waals surface area contributed by atoms with Gasteiger partial charge in [0.1, 0.15) is 17.1 Å². The van der Waals surface area contributed by atoms with E-state index >= 15 is 0 Å². The van der Waals surface area contributed by atoms with Crippen molar-refractivity contribution in [2.75, 3.05) is 13.9 Å². The maximum Gasteiger partial charge on any atom is 0.309 e. The lowest BCUT2D eigenvalue weighted by Gasteiger charge is -2.11. The summed E-state index contributed by atoms with van der Waals surface area (Å²) in [7, 11) is 1.27. The number of pyridine rings is 1. The van der Waals surface area contributed by atoms with Crippen molar-refractivity contribution in [2.45, 2.75) is 13.0 Å². The number of ether oxygens (including phenoxy) is 4. The van der Waals surface area contributed by atoms with E-state index in [4.69, 9.17) is 14.2 Å². The molecule has 1 N–H and O–H groups in total. The Morgan fingerprint density at radius 2 is 1.97 bits per heavy atom. The van der Waals surface area contributed by atoms with E-state index in [1.54, 1.807) is 36.4 Å². The van der Waals surface area contributed by atoms with Crippen LogP contribution in [0.3, 0.4) is 0 Å². The zero-order valence-electron chi connectivity index (χ0n) is 17.1. The molecule has 1 aliphatic rings. The first-order valence-corrected chi connectivity index (χ1v) is 9.68. The van der Waals surface area contributed by atoms with Crippen LogP contribution in [0.2, 0.25) is 0 Å². The summed E-state index contributed by atoms with van der Waals surface area (Å²) in [5, 5.41) is 2.66. The second kappa shape index (κ2) is 9.34. The largest absolute Gasteiger partial charge is 0.469 e. The number of nitrogens with zero attached hydrogens (tertiary/aromatic N) is 1. The summed E-state index contributed by atoms with van der Waals surface area (Å²) >= 11 is 0. The molecule has 2 aromatic carbocycles. The molecule has 2 heterocycles. The molecule has 0 spiro atoms. The van der Waals surface area contributed by atoms with E-state index in [1.165, 1.54) is 25.4 Å². The van der Waals surface area contributed by atoms with Gasteiger partial charge < -0.3 is 24.3 Å². The molecule has 0 unspecified atom stereocenters. The third-order valence-corrected chi connectivity index (χ3v) is 4.71. The van der Waals surface area contributed by atoms with E-state index in [-0.39, 0.29) is 36.8 Å². The summed E-state index contributed by atoms with van der Waals surface area (Å²) < 4.78 is 35.3. The standard InChI is InChI=1S/C23H19FN2O6/c1-29-21(27)10-14-4-5-15(18(24)9-14)12-26-22(28)17-3-2-8-25-23(17)32-16-6-7-19-20(11-16)31-13-30-19/h2-9,11H,10,12-13H2,1H3,(H,26,28). The van der Waals surface area contributed by atoms with Gasteiger partial charge in [0, 0.05) is 24.4 Å². The fourth-order valence-electron chi connectivity index (χ4n) is 3.05. The van der Waals surface area contributed by atoms with Crippen LogP contribution < -0.4 is 19.5 Å². The number of carbonyl (C=O) groups is 2. The zero-order valence-corrected chi connectivity index (χ0v) is 17.1. The quantitative estimate of drug-likeness (QED) is 0.565. The lowest BCUT2D eigenvalue weighted by molar-refractivity contribution is -0.139. The third kappa shape index (κ3) is 4.77. The minimum atomic E-state index is -0.533. The summed E-state index contributed by atoms with van der Waals surface area (Å²) in [6.07, 6.45) is 1.47. The Morgan fingerprint density at radius 3 is 2.78 bits per heavy atom. The van der Waals surface area contributed by atoms with Crippen molar-refractivity contribution in [2.24, 2.45) is 0 Å². The zero-order chi connectivity index (χ0) is 22.5. The van der Waals surface area contributed by atoms with Crippen molar-refractivity contribution >= 4 is 11.9 Å². The number of nitrogens with one attached hydrogen (secondary N) is 1. The Morgan fingerprint density at radius 1 is 1.12 bits per heavy atom. The van der Waals surface area contributed by atoms with E-state index in [1.807, 2.05) is 0 Å². The number of esters is 1. The number of fused-ring (bicyclic) bond motifs is 1. The molecule has 0 saturated carbocycles. The maximum absolute atomic E-state index is 14.4. The molecule has 0 saturated heterocycles. The average Bonchev–Trinajstić information content (AvgIpc) is 3.26. The van der Waals surface area contributed by atoms with Gasteiger partial charge in [0.05, 0.1) is 13.5 Å². The number of halogens is 1. The van der Waals surface area contributed by atoms with Crippen LogP contribution in [0.5, 0.6) is 23.1 Å². The van der Waals surface area contributed by atoms with Crippen LogP contribution in [0, 0.1) is 5.82 Å². The van der Waals surface area contributed by atoms with Crippen molar-refractivity contribution in [1.82, 2.24) is 10.3 Å². The summed E-state index contributed by atoms with van der Waals surface area (Å²) in [5.41, 5.74) is 0.943. The van der Waals surface area contributed by atoms with Crippen molar-refractivity contribution < 1.29 is 32.9 Å². The minimum Gasteiger partial charge on any atom is -0.469 e. The van der Waals surface area contributed by atoms with Gasteiger partial charge in [-0.1, -0.05) is 12.1 Å². The van der Waals surface area contributed by atoms with Crippen LogP contribution in [-0.4, -0.2) is 30.8 Å². The SMILES string of the molecule is COC(=O)Cc1ccc(CNC(=O)c2cccnc2Oc2ccc3c(c2)OCO3)c(F)c1. The Bertz CT molecular complexity index is 1170. The molecule has 0 atom stereocenters. The Kier molecular flexibility index (Phi) is 6.16. The first kappa shape index (κ1) is 21.1. The molecular weight excluding hydrogens is 419 g/mol. The highest BCUT2D eigenvalue weighted by Gasteiger charge is 2.18. The van der Waals surface area contributed by atoms with E-state index in [0.29, 0.717) is 22.8 Å². The monoisotopic (exact) mass is 438 g/mol. The number of hydrogen-bond acceptors (Lipinski definition) is 7. The summed E-state index contributed by atoms with van der Waals surface area (Å²) in [4.78, 5) is 28.2. The van der Waals surface area contributed by atoms with Gasteiger partial charge in [-0.15, -0.1) is 0 Å². The van der Waals surface area contributed by atoms with Crippen molar-refractivity contribution in [3.05, 3.63) is 77.2 Å². The van der Waals surface area contributed by atoms with Gasteiger partial charge in [-0.25, -0.2) is 9.37 Å². The van der Waals surface area contributed by atoms with Gasteiger partial charge in [0.2, 0.25) is 12.7 Å². The fraction of sp³-hybridized carbons (Fsp3) is 0.174. The molecule has 0 fully saturated rings. The predicted octanol–water partition coefficient (Wildman–Crippen LogP) is 3.39. The summed E-state index contributed by atoms with van der Waals surface area (Å²) in [6.45, 7) is 0.0811. The molecule has 0 aliphatic carbocycles. The van der Waals surface area contributed by atoms with Gasteiger partial charge in [-0.2, -0.15) is 0 Å². The van der Waals surface area contributed by atoms with Crippen LogP contribution in [0.15, 0.2) is 54.7 Å². The number of aromatic nitrogens is 1. The smallest absolute Gasteiger partial charge is 0.309 e. The molecule has 9 heteroatoms. The van der Waals surface area contributed by atoms with E-state index in [9.17, 15) is 14.0 Å². The number of benzene rings is 2. The van der Waals surface area contributed by atoms with E-state index in [0.717, 1.165) is 0 Å². The van der Waals surface area contributed by atoms with Crippen LogP contribution in [0.1, 0.15) is 21.5 Å². The first-order chi connectivity index (χ1) is 15.5. The maximum atomic E-state index is 14.4. The first-order valence-electron chi connectivity index (χ1n) is 9.68. The Labute approximate surface area is 182 Å². The predicted molar refractivity (Wildman–Crippen MR) is 110 cm³/mol. The topological polar surface area (TPSA) is 96.0 Å². The van der Waals surface area contributed by atoms with Gasteiger partial charge >= 0.3 is 5.97 Å². The van der Waals surface area contributed by atoms with Crippen LogP contribution in [-0.2, 0) is 22.5 Å². The molecule has 32 heavy (non-hydrogen) atoms. The molecule has 1 amide bonds. The van der Waals surface area contributed by atoms with E-state index < -0.39 is 17.7 Å². The van der Waals surface area contributed by atoms with Crippen molar-refractivity contribution in [3.8, 4) is 23.1 Å². The highest BCUT2D eigenvalue weighted by atomic mass is 19.1. The molecule has 1 aromatic heterocycles. The molecule has 4 rings (SSSR count). The van der Waals surface area contributed by atoms with Crippen LogP contribution in [0.4, 0.5) is 4.39 Å². The van der Waals surface area contributed by atoms with Gasteiger partial charge in [-0.05, 0) is 35.9 Å². The highest BCUT2D eigenvalue weighted by Crippen LogP contribution is 2.36. The fourth-order valence-corrected chi connectivity index (χ4v) is 3.05. The minimum absolute atomic E-state index is 0.0314. The highest BCUT2D eigenvalue weighted by molar-refractivity contribution is 5.96. The molecule has 3 aromatic rings. The number of methoxy groups -OCH3 is 1. The lowest BCUT2D eigenvalue weighted by atomic mass is 10.1. The Hall–Kier alpha value is -4.14. The molecular formula is C23H19FN2O6. The Balaban J connectivity index is 1.44. The molecule has 0 radical (unpaired) electrons. The van der Waals surface area contributed by atoms with Crippen molar-refractivity contribution in [3.63, 3.8) is 0 Å². The lowest BCUT2D eigenvalue weighted by Crippen LogP contribution is -2.24. The van der Waals surface area contributed by atoms with Gasteiger partial charge in [0.15, 0.2) is 11.5 Å². The second-order valence-electron chi connectivity index (χ2n) is 6.83. The third-order valence-electron chi connectivity index (χ3n) is 4.71. The van der Waals surface area contributed by atoms with Crippen LogP contribution >= 0.6 is 0 Å². The van der Waals surface area contributed by atoms with Crippen LogP contribution in [0.25, 0.3) is 0 Å². The van der Waals surface area contributed by atoms with Crippen molar-refractivity contribution in [1.29, 1.82) is 0 Å². The van der Waals surface area contributed by atoms with Gasteiger partial charge in [0.25, 0.3) is 5.91 Å². The normalized spacial score (nSPS) is 11.7. The number of amides is 1. The summed E-state index contributed by atoms with van der Waals surface area (Å²) in [5.74, 6) is 0.192. The van der Waals surface area contributed by atoms with E-state index in [2.05, 4.69) is 15.0 Å². The molecule has 0 bridgehead atoms. The van der Waals surface area contributed by atoms with Gasteiger partial charge in [-0.3, -0.25) is 9.59 Å². The number of rotatable bonds is 7. The number of hydrogen-bond donors (Lipinski definition) is 1. The molecule has 8 nitrogen and oxygen atoms in total. The summed E-state index contributed by atoms with van der Waals surface area (Å²) in [6, 6.07) is 12.5.